The minimum Gasteiger partial charge on any atom is -0.457 e. The Kier molecular flexibility index (Phi) is 8.84. The summed E-state index contributed by atoms with van der Waals surface area (Å²) in [6.45, 7) is 0.127. The lowest BCUT2D eigenvalue weighted by molar-refractivity contribution is 0.483. The van der Waals surface area contributed by atoms with E-state index in [4.69, 9.17) is 10.5 Å². The van der Waals surface area contributed by atoms with Gasteiger partial charge in [-0.05, 0) is 35.9 Å². The summed E-state index contributed by atoms with van der Waals surface area (Å²) in [4.78, 5) is 4.51. The van der Waals surface area contributed by atoms with E-state index in [1.807, 2.05) is 48.5 Å². The van der Waals surface area contributed by atoms with Crippen molar-refractivity contribution in [1.82, 2.24) is 4.31 Å². The maximum Gasteiger partial charge on any atom is 0.242 e. The molecule has 0 heterocycles. The zero-order chi connectivity index (χ0) is 21.6. The van der Waals surface area contributed by atoms with Crippen LogP contribution >= 0.6 is 24.0 Å². The van der Waals surface area contributed by atoms with Crippen LogP contribution in [0.25, 0.3) is 0 Å². The quantitative estimate of drug-likeness (QED) is 0.259. The van der Waals surface area contributed by atoms with E-state index in [2.05, 4.69) is 10.3 Å². The van der Waals surface area contributed by atoms with Crippen LogP contribution < -0.4 is 15.8 Å². The average Bonchev–Trinajstić information content (AvgIpc) is 2.73. The molecule has 3 aromatic rings. The molecule has 0 saturated heterocycles. The number of anilines is 1. The van der Waals surface area contributed by atoms with Gasteiger partial charge in [-0.1, -0.05) is 42.5 Å². The Morgan fingerprint density at radius 2 is 1.61 bits per heavy atom. The first-order chi connectivity index (χ1) is 14.4. The second-order valence-electron chi connectivity index (χ2n) is 6.66. The highest BCUT2D eigenvalue weighted by Gasteiger charge is 2.20. The molecule has 0 saturated carbocycles. The summed E-state index contributed by atoms with van der Waals surface area (Å²) in [5, 5.41) is 3.01. The van der Waals surface area contributed by atoms with E-state index >= 15 is 0 Å². The Balaban J connectivity index is 0.00000341. The minimum absolute atomic E-state index is 0. The predicted octanol–water partition coefficient (Wildman–Crippen LogP) is 4.27. The van der Waals surface area contributed by atoms with Crippen molar-refractivity contribution in [1.29, 1.82) is 0 Å². The van der Waals surface area contributed by atoms with Crippen LogP contribution in [0.3, 0.4) is 0 Å². The number of guanidine groups is 1. The molecule has 0 aliphatic carbocycles. The number of sulfonamides is 1. The molecule has 0 bridgehead atoms. The van der Waals surface area contributed by atoms with Gasteiger partial charge in [0, 0.05) is 25.8 Å². The van der Waals surface area contributed by atoms with Crippen LogP contribution in [0, 0.1) is 0 Å². The maximum absolute atomic E-state index is 12.5. The van der Waals surface area contributed by atoms with Gasteiger partial charge in [-0.3, -0.25) is 0 Å². The molecule has 0 radical (unpaired) electrons. The molecule has 164 valence electrons. The third-order valence-corrected chi connectivity index (χ3v) is 6.15. The summed E-state index contributed by atoms with van der Waals surface area (Å²) in [6.07, 6.45) is 0. The van der Waals surface area contributed by atoms with E-state index in [0.29, 0.717) is 17.0 Å². The number of nitrogens with zero attached hydrogens (tertiary/aromatic N) is 2. The van der Waals surface area contributed by atoms with Gasteiger partial charge in [0.15, 0.2) is 5.96 Å². The van der Waals surface area contributed by atoms with Crippen molar-refractivity contribution in [3.63, 3.8) is 0 Å². The zero-order valence-corrected chi connectivity index (χ0v) is 20.4. The van der Waals surface area contributed by atoms with Gasteiger partial charge in [0.25, 0.3) is 0 Å². The fourth-order valence-corrected chi connectivity index (χ4v) is 3.81. The molecule has 0 spiro atoms. The number of para-hydroxylation sites is 1. The summed E-state index contributed by atoms with van der Waals surface area (Å²) >= 11 is 0. The van der Waals surface area contributed by atoms with Crippen LogP contribution in [-0.2, 0) is 16.6 Å². The van der Waals surface area contributed by atoms with Crippen LogP contribution in [-0.4, -0.2) is 32.8 Å². The highest BCUT2D eigenvalue weighted by Crippen LogP contribution is 2.24. The number of ether oxygens (including phenoxy) is 1. The average molecular weight is 552 g/mol. The van der Waals surface area contributed by atoms with Gasteiger partial charge in [-0.15, -0.1) is 24.0 Å². The van der Waals surface area contributed by atoms with Gasteiger partial charge in [0.05, 0.1) is 11.4 Å². The fraction of sp³-hybridized carbons (Fsp3) is 0.136. The van der Waals surface area contributed by atoms with E-state index in [1.165, 1.54) is 18.4 Å². The molecule has 0 unspecified atom stereocenters. The van der Waals surface area contributed by atoms with Crippen molar-refractivity contribution >= 4 is 45.6 Å². The van der Waals surface area contributed by atoms with E-state index < -0.39 is 10.0 Å². The Morgan fingerprint density at radius 1 is 0.968 bits per heavy atom. The molecule has 3 N–H and O–H groups in total. The van der Waals surface area contributed by atoms with Crippen molar-refractivity contribution in [2.24, 2.45) is 10.7 Å². The standard InChI is InChI=1S/C22H24N4O3S.HI/c1-26(2)30(27,28)21-14-7-6-9-17(21)16-24-22(23)25-18-10-8-13-20(15-18)29-19-11-4-3-5-12-19;/h3-15H,16H2,1-2H3,(H3,23,24,25);1H. The molecule has 7 nitrogen and oxygen atoms in total. The molecule has 31 heavy (non-hydrogen) atoms. The molecule has 0 aliphatic heterocycles. The van der Waals surface area contributed by atoms with Crippen LogP contribution in [0.15, 0.2) is 88.8 Å². The molecule has 9 heteroatoms. The summed E-state index contributed by atoms with van der Waals surface area (Å²) in [7, 11) is -0.572. The summed E-state index contributed by atoms with van der Waals surface area (Å²) in [5.74, 6) is 1.56. The first-order valence-electron chi connectivity index (χ1n) is 9.26. The van der Waals surface area contributed by atoms with Gasteiger partial charge in [-0.2, -0.15) is 0 Å². The van der Waals surface area contributed by atoms with Gasteiger partial charge in [0.2, 0.25) is 10.0 Å². The van der Waals surface area contributed by atoms with E-state index in [-0.39, 0.29) is 41.4 Å². The second-order valence-corrected chi connectivity index (χ2v) is 8.78. The molecular formula is C22H25IN4O3S. The Labute approximate surface area is 200 Å². The number of nitrogens with one attached hydrogen (secondary N) is 1. The highest BCUT2D eigenvalue weighted by molar-refractivity contribution is 14.0. The number of hydrogen-bond acceptors (Lipinski definition) is 4. The van der Waals surface area contributed by atoms with E-state index in [0.717, 1.165) is 5.75 Å². The van der Waals surface area contributed by atoms with E-state index in [1.54, 1.807) is 30.3 Å². The Bertz CT molecular complexity index is 1140. The molecule has 0 atom stereocenters. The number of rotatable bonds is 7. The summed E-state index contributed by atoms with van der Waals surface area (Å²) in [5.41, 5.74) is 7.29. The number of halogens is 1. The maximum atomic E-state index is 12.5. The molecular weight excluding hydrogens is 527 g/mol. The summed E-state index contributed by atoms with van der Waals surface area (Å²) in [6, 6.07) is 23.5. The fourth-order valence-electron chi connectivity index (χ4n) is 2.70. The lowest BCUT2D eigenvalue weighted by Gasteiger charge is -2.14. The highest BCUT2D eigenvalue weighted by atomic mass is 127. The van der Waals surface area contributed by atoms with Crippen molar-refractivity contribution < 1.29 is 13.2 Å². The SMILES string of the molecule is CN(C)S(=O)(=O)c1ccccc1CN=C(N)Nc1cccc(Oc2ccccc2)c1.I. The van der Waals surface area contributed by atoms with Crippen molar-refractivity contribution in [2.45, 2.75) is 11.4 Å². The van der Waals surface area contributed by atoms with Gasteiger partial charge >= 0.3 is 0 Å². The minimum atomic E-state index is -3.56. The first-order valence-corrected chi connectivity index (χ1v) is 10.7. The van der Waals surface area contributed by atoms with Crippen molar-refractivity contribution in [2.75, 3.05) is 19.4 Å². The largest absolute Gasteiger partial charge is 0.457 e. The monoisotopic (exact) mass is 552 g/mol. The molecule has 0 amide bonds. The Hall–Kier alpha value is -2.63. The van der Waals surface area contributed by atoms with Crippen LogP contribution in [0.1, 0.15) is 5.56 Å². The van der Waals surface area contributed by atoms with Gasteiger partial charge in [-0.25, -0.2) is 17.7 Å². The van der Waals surface area contributed by atoms with Crippen LogP contribution in [0.4, 0.5) is 5.69 Å². The first kappa shape index (κ1) is 24.6. The lowest BCUT2D eigenvalue weighted by Crippen LogP contribution is -2.24. The second kappa shape index (κ2) is 11.1. The Morgan fingerprint density at radius 3 is 2.32 bits per heavy atom. The number of nitrogens with two attached hydrogens (primary N) is 1. The predicted molar refractivity (Wildman–Crippen MR) is 135 cm³/mol. The van der Waals surface area contributed by atoms with Crippen molar-refractivity contribution in [3.05, 3.63) is 84.4 Å². The molecule has 3 rings (SSSR count). The normalized spacial score (nSPS) is 11.6. The van der Waals surface area contributed by atoms with E-state index in [9.17, 15) is 8.42 Å². The molecule has 0 aliphatic rings. The van der Waals surface area contributed by atoms with Gasteiger partial charge < -0.3 is 15.8 Å². The third-order valence-electron chi connectivity index (χ3n) is 4.24. The van der Waals surface area contributed by atoms with Crippen molar-refractivity contribution in [3.8, 4) is 11.5 Å². The number of hydrogen-bond donors (Lipinski definition) is 2. The third kappa shape index (κ3) is 6.68. The van der Waals surface area contributed by atoms with Crippen LogP contribution in [0.2, 0.25) is 0 Å². The zero-order valence-electron chi connectivity index (χ0n) is 17.2. The number of aliphatic imine (C=N–C) groups is 1. The number of benzene rings is 3. The summed E-state index contributed by atoms with van der Waals surface area (Å²) < 4.78 is 32.0. The topological polar surface area (TPSA) is 97.0 Å². The van der Waals surface area contributed by atoms with Gasteiger partial charge in [0.1, 0.15) is 11.5 Å². The molecule has 0 fully saturated rings. The lowest BCUT2D eigenvalue weighted by atomic mass is 10.2. The molecule has 0 aromatic heterocycles. The smallest absolute Gasteiger partial charge is 0.242 e. The molecule has 3 aromatic carbocycles. The van der Waals surface area contributed by atoms with Crippen LogP contribution in [0.5, 0.6) is 11.5 Å².